The summed E-state index contributed by atoms with van der Waals surface area (Å²) >= 11 is 0. The zero-order chi connectivity index (χ0) is 41.4. The number of rotatable bonds is 42. The van der Waals surface area contributed by atoms with Gasteiger partial charge < -0.3 is 19.8 Å². The first-order valence-corrected chi connectivity index (χ1v) is 24.9. The Labute approximate surface area is 347 Å². The van der Waals surface area contributed by atoms with E-state index in [0.717, 1.165) is 64.2 Å². The zero-order valence-electron chi connectivity index (χ0n) is 37.4. The second-order valence-corrected chi connectivity index (χ2v) is 18.6. The molecular formula is C47H92N2O6P+. The molecule has 3 N–H and O–H groups in total. The molecule has 56 heavy (non-hydrogen) atoms. The molecule has 3 atom stereocenters. The minimum absolute atomic E-state index is 0.0584. The lowest BCUT2D eigenvalue weighted by Gasteiger charge is -2.25. The smallest absolute Gasteiger partial charge is 0.387 e. The average molecular weight is 812 g/mol. The minimum Gasteiger partial charge on any atom is -0.387 e. The average Bonchev–Trinajstić information content (AvgIpc) is 3.15. The van der Waals surface area contributed by atoms with Crippen molar-refractivity contribution in [2.24, 2.45) is 0 Å². The Morgan fingerprint density at radius 1 is 0.607 bits per heavy atom. The van der Waals surface area contributed by atoms with E-state index >= 15 is 0 Å². The van der Waals surface area contributed by atoms with E-state index in [0.29, 0.717) is 17.4 Å². The number of likely N-dealkylation sites (N-methyl/N-ethyl adjacent to an activating group) is 1. The summed E-state index contributed by atoms with van der Waals surface area (Å²) in [5, 5.41) is 13.8. The van der Waals surface area contributed by atoms with Crippen LogP contribution in [-0.2, 0) is 18.4 Å². The number of nitrogens with one attached hydrogen (secondary N) is 1. The van der Waals surface area contributed by atoms with Gasteiger partial charge in [0.25, 0.3) is 0 Å². The zero-order valence-corrected chi connectivity index (χ0v) is 38.3. The SMILES string of the molecule is CCCC/C=C\C/C=C\CCCCCCCC(=O)NC(COP(=O)(O)OCC[N+](C)(C)C)C(O)/C=C/CCCCCCCCCCCCCCCCCCCC. The molecule has 0 aliphatic carbocycles. The highest BCUT2D eigenvalue weighted by molar-refractivity contribution is 7.47. The van der Waals surface area contributed by atoms with Crippen LogP contribution in [0.4, 0.5) is 0 Å². The molecular weight excluding hydrogens is 719 g/mol. The van der Waals surface area contributed by atoms with Crippen molar-refractivity contribution in [2.75, 3.05) is 40.9 Å². The summed E-state index contributed by atoms with van der Waals surface area (Å²) in [6.07, 6.45) is 47.8. The van der Waals surface area contributed by atoms with Gasteiger partial charge in [0, 0.05) is 6.42 Å². The maximum Gasteiger partial charge on any atom is 0.472 e. The number of allylic oxidation sites excluding steroid dienone is 5. The Hall–Kier alpha value is -1.28. The van der Waals surface area contributed by atoms with Crippen LogP contribution in [0, 0.1) is 0 Å². The van der Waals surface area contributed by atoms with Crippen molar-refractivity contribution in [3.05, 3.63) is 36.5 Å². The second kappa shape index (κ2) is 39.2. The van der Waals surface area contributed by atoms with Crippen LogP contribution < -0.4 is 5.32 Å². The van der Waals surface area contributed by atoms with Gasteiger partial charge in [-0.2, -0.15) is 0 Å². The third kappa shape index (κ3) is 40.9. The predicted molar refractivity (Wildman–Crippen MR) is 240 cm³/mol. The van der Waals surface area contributed by atoms with Gasteiger partial charge in [0.1, 0.15) is 13.2 Å². The quantitative estimate of drug-likeness (QED) is 0.0245. The fraction of sp³-hybridized carbons (Fsp3) is 0.851. The molecule has 0 saturated heterocycles. The molecule has 0 aromatic rings. The predicted octanol–water partition coefficient (Wildman–Crippen LogP) is 13.1. The highest BCUT2D eigenvalue weighted by Gasteiger charge is 2.27. The third-order valence-electron chi connectivity index (χ3n) is 10.4. The van der Waals surface area contributed by atoms with Crippen molar-refractivity contribution in [1.82, 2.24) is 5.32 Å². The molecule has 0 saturated carbocycles. The van der Waals surface area contributed by atoms with Crippen LogP contribution in [0.5, 0.6) is 0 Å². The fourth-order valence-corrected chi connectivity index (χ4v) is 7.32. The lowest BCUT2D eigenvalue weighted by atomic mass is 10.0. The lowest BCUT2D eigenvalue weighted by Crippen LogP contribution is -2.45. The summed E-state index contributed by atoms with van der Waals surface area (Å²) in [6, 6.07) is -0.852. The van der Waals surface area contributed by atoms with E-state index in [9.17, 15) is 19.4 Å². The normalized spacial score (nSPS) is 14.6. The maximum atomic E-state index is 12.9. The van der Waals surface area contributed by atoms with Gasteiger partial charge in [-0.15, -0.1) is 0 Å². The summed E-state index contributed by atoms with van der Waals surface area (Å²) in [7, 11) is 1.56. The van der Waals surface area contributed by atoms with Gasteiger partial charge in [0.15, 0.2) is 0 Å². The Kier molecular flexibility index (Phi) is 38.3. The minimum atomic E-state index is -4.34. The molecule has 0 spiro atoms. The van der Waals surface area contributed by atoms with Crippen LogP contribution in [0.1, 0.15) is 206 Å². The van der Waals surface area contributed by atoms with E-state index in [4.69, 9.17) is 9.05 Å². The number of carbonyl (C=O) groups is 1. The Balaban J connectivity index is 4.38. The van der Waals surface area contributed by atoms with Crippen molar-refractivity contribution in [3.8, 4) is 0 Å². The number of amides is 1. The number of quaternary nitrogens is 1. The van der Waals surface area contributed by atoms with Crippen LogP contribution in [0.3, 0.4) is 0 Å². The van der Waals surface area contributed by atoms with Crippen molar-refractivity contribution >= 4 is 13.7 Å². The van der Waals surface area contributed by atoms with Crippen molar-refractivity contribution in [1.29, 1.82) is 0 Å². The molecule has 8 nitrogen and oxygen atoms in total. The summed E-state index contributed by atoms with van der Waals surface area (Å²) in [5.41, 5.74) is 0. The molecule has 3 unspecified atom stereocenters. The van der Waals surface area contributed by atoms with Gasteiger partial charge in [-0.05, 0) is 44.9 Å². The first-order chi connectivity index (χ1) is 27.0. The highest BCUT2D eigenvalue weighted by Crippen LogP contribution is 2.43. The number of carbonyl (C=O) groups excluding carboxylic acids is 1. The lowest BCUT2D eigenvalue weighted by molar-refractivity contribution is -0.870. The molecule has 0 heterocycles. The highest BCUT2D eigenvalue weighted by atomic mass is 31.2. The second-order valence-electron chi connectivity index (χ2n) is 17.1. The van der Waals surface area contributed by atoms with Crippen molar-refractivity contribution in [2.45, 2.75) is 219 Å². The number of phosphoric ester groups is 1. The standard InChI is InChI=1S/C47H91N2O6P/c1-6-8-10-12-14-16-18-20-22-23-24-25-26-27-28-30-32-34-36-38-40-46(50)45(44-55-56(52,53)54-43-42-49(3,4)5)48-47(51)41-39-37-35-33-31-29-21-19-17-15-13-11-9-7-2/h13,15,19,21,38,40,45-46,50H,6-12,14,16-18,20,22-37,39,41-44H2,1-5H3,(H-,48,51,52,53)/p+1/b15-13-,21-19-,40-38+. The molecule has 0 bridgehead atoms. The number of hydrogen-bond donors (Lipinski definition) is 3. The van der Waals surface area contributed by atoms with Gasteiger partial charge in [0.2, 0.25) is 5.91 Å². The molecule has 9 heteroatoms. The van der Waals surface area contributed by atoms with Gasteiger partial charge in [0.05, 0.1) is 39.9 Å². The molecule has 0 aliphatic heterocycles. The van der Waals surface area contributed by atoms with Crippen LogP contribution in [0.25, 0.3) is 0 Å². The van der Waals surface area contributed by atoms with Crippen LogP contribution >= 0.6 is 7.82 Å². The number of hydrogen-bond acceptors (Lipinski definition) is 5. The third-order valence-corrected chi connectivity index (χ3v) is 11.3. The van der Waals surface area contributed by atoms with E-state index in [1.54, 1.807) is 6.08 Å². The summed E-state index contributed by atoms with van der Waals surface area (Å²) in [6.45, 7) is 4.77. The topological polar surface area (TPSA) is 105 Å². The number of nitrogens with zero attached hydrogens (tertiary/aromatic N) is 1. The largest absolute Gasteiger partial charge is 0.472 e. The van der Waals surface area contributed by atoms with E-state index in [1.807, 2.05) is 27.2 Å². The summed E-state index contributed by atoms with van der Waals surface area (Å²) in [4.78, 5) is 23.1. The van der Waals surface area contributed by atoms with E-state index in [-0.39, 0.29) is 19.1 Å². The molecule has 0 aliphatic rings. The Morgan fingerprint density at radius 3 is 1.52 bits per heavy atom. The molecule has 0 radical (unpaired) electrons. The maximum absolute atomic E-state index is 12.9. The van der Waals surface area contributed by atoms with Crippen molar-refractivity contribution in [3.63, 3.8) is 0 Å². The first kappa shape index (κ1) is 54.7. The van der Waals surface area contributed by atoms with Crippen LogP contribution in [0.15, 0.2) is 36.5 Å². The first-order valence-electron chi connectivity index (χ1n) is 23.4. The van der Waals surface area contributed by atoms with Gasteiger partial charge in [-0.3, -0.25) is 13.8 Å². The molecule has 0 fully saturated rings. The molecule has 0 aromatic heterocycles. The number of aliphatic hydroxyl groups is 1. The monoisotopic (exact) mass is 812 g/mol. The summed E-state index contributed by atoms with van der Waals surface area (Å²) in [5.74, 6) is -0.191. The van der Waals surface area contributed by atoms with Crippen LogP contribution in [0.2, 0.25) is 0 Å². The fourth-order valence-electron chi connectivity index (χ4n) is 6.59. The van der Waals surface area contributed by atoms with E-state index in [1.165, 1.54) is 122 Å². The van der Waals surface area contributed by atoms with Crippen LogP contribution in [-0.4, -0.2) is 73.4 Å². The number of aliphatic hydroxyl groups excluding tert-OH is 1. The Bertz CT molecular complexity index is 1010. The van der Waals surface area contributed by atoms with Gasteiger partial charge in [-0.1, -0.05) is 192 Å². The summed E-state index contributed by atoms with van der Waals surface area (Å²) < 4.78 is 23.6. The van der Waals surface area contributed by atoms with Crippen molar-refractivity contribution < 1.29 is 32.9 Å². The van der Waals surface area contributed by atoms with Gasteiger partial charge in [-0.25, -0.2) is 4.57 Å². The van der Waals surface area contributed by atoms with Gasteiger partial charge >= 0.3 is 7.82 Å². The molecule has 1 amide bonds. The van der Waals surface area contributed by atoms with E-state index in [2.05, 4.69) is 43.5 Å². The molecule has 0 aromatic carbocycles. The number of unbranched alkanes of at least 4 members (excludes halogenated alkanes) is 25. The number of phosphoric acid groups is 1. The molecule has 0 rings (SSSR count). The van der Waals surface area contributed by atoms with E-state index < -0.39 is 20.0 Å². The Morgan fingerprint density at radius 2 is 1.04 bits per heavy atom. The molecule has 330 valence electrons.